The Morgan fingerprint density at radius 3 is 2.61 bits per heavy atom. The molecule has 6 nitrogen and oxygen atoms in total. The summed E-state index contributed by atoms with van der Waals surface area (Å²) in [4.78, 5) is 15.0. The summed E-state index contributed by atoms with van der Waals surface area (Å²) < 4.78 is 0. The predicted octanol–water partition coefficient (Wildman–Crippen LogP) is 1.16. The van der Waals surface area contributed by atoms with E-state index in [1.54, 1.807) is 23.7 Å². The third-order valence-electron chi connectivity index (χ3n) is 2.38. The van der Waals surface area contributed by atoms with Crippen molar-refractivity contribution < 1.29 is 0 Å². The highest BCUT2D eigenvalue weighted by atomic mass is 32.1. The molecule has 0 fully saturated rings. The van der Waals surface area contributed by atoms with Crippen LogP contribution in [0.15, 0.2) is 17.8 Å². The van der Waals surface area contributed by atoms with Crippen molar-refractivity contribution in [2.45, 2.75) is 20.0 Å². The Morgan fingerprint density at radius 1 is 1.28 bits per heavy atom. The number of hydrazine groups is 1. The second kappa shape index (κ2) is 5.85. The highest BCUT2D eigenvalue weighted by Crippen LogP contribution is 2.11. The van der Waals surface area contributed by atoms with E-state index in [1.807, 2.05) is 14.0 Å². The van der Waals surface area contributed by atoms with Gasteiger partial charge in [-0.15, -0.1) is 11.3 Å². The Bertz CT molecular complexity index is 494. The van der Waals surface area contributed by atoms with Crippen LogP contribution in [0.25, 0.3) is 0 Å². The summed E-state index contributed by atoms with van der Waals surface area (Å²) in [5, 5.41) is 3.18. The molecule has 2 heterocycles. The lowest BCUT2D eigenvalue weighted by Crippen LogP contribution is -2.18. The zero-order chi connectivity index (χ0) is 13.0. The lowest BCUT2D eigenvalue weighted by Gasteiger charge is -2.14. The third-order valence-corrected chi connectivity index (χ3v) is 3.21. The molecule has 7 heteroatoms. The van der Waals surface area contributed by atoms with E-state index in [9.17, 15) is 0 Å². The summed E-state index contributed by atoms with van der Waals surface area (Å²) in [7, 11) is 2.03. The molecule has 0 aliphatic rings. The van der Waals surface area contributed by atoms with Crippen molar-refractivity contribution in [1.82, 2.24) is 19.9 Å². The van der Waals surface area contributed by atoms with Crippen LogP contribution < -0.4 is 11.3 Å². The first-order chi connectivity index (χ1) is 8.67. The van der Waals surface area contributed by atoms with E-state index >= 15 is 0 Å². The number of nitrogens with one attached hydrogen (secondary N) is 1. The van der Waals surface area contributed by atoms with Crippen LogP contribution in [0, 0.1) is 6.92 Å². The topological polar surface area (TPSA) is 80.0 Å². The number of aryl methyl sites for hydroxylation is 1. The van der Waals surface area contributed by atoms with E-state index in [4.69, 9.17) is 5.84 Å². The highest BCUT2D eigenvalue weighted by molar-refractivity contribution is 7.09. The largest absolute Gasteiger partial charge is 0.307 e. The maximum absolute atomic E-state index is 5.24. The number of nitrogen functional groups attached to an aromatic ring is 1. The van der Waals surface area contributed by atoms with Gasteiger partial charge in [-0.25, -0.2) is 15.8 Å². The van der Waals surface area contributed by atoms with E-state index in [1.165, 1.54) is 0 Å². The van der Waals surface area contributed by atoms with E-state index < -0.39 is 0 Å². The summed E-state index contributed by atoms with van der Waals surface area (Å²) in [5.74, 6) is 5.80. The molecule has 18 heavy (non-hydrogen) atoms. The Kier molecular flexibility index (Phi) is 4.19. The van der Waals surface area contributed by atoms with Gasteiger partial charge in [-0.05, 0) is 14.0 Å². The normalized spacial score (nSPS) is 10.9. The lowest BCUT2D eigenvalue weighted by molar-refractivity contribution is 0.311. The van der Waals surface area contributed by atoms with Gasteiger partial charge in [0, 0.05) is 18.5 Å². The molecule has 2 aromatic rings. The first-order valence-corrected chi connectivity index (χ1v) is 6.42. The zero-order valence-corrected chi connectivity index (χ0v) is 11.2. The van der Waals surface area contributed by atoms with Gasteiger partial charge in [0.25, 0.3) is 0 Å². The Hall–Kier alpha value is -1.57. The van der Waals surface area contributed by atoms with Gasteiger partial charge in [-0.2, -0.15) is 0 Å². The van der Waals surface area contributed by atoms with Gasteiger partial charge in [0.05, 0.1) is 28.8 Å². The van der Waals surface area contributed by atoms with Gasteiger partial charge >= 0.3 is 0 Å². The fourth-order valence-corrected chi connectivity index (χ4v) is 2.20. The van der Waals surface area contributed by atoms with Crippen molar-refractivity contribution in [3.63, 3.8) is 0 Å². The molecule has 0 radical (unpaired) electrons. The number of aromatic nitrogens is 3. The fourth-order valence-electron chi connectivity index (χ4n) is 1.60. The Labute approximate surface area is 110 Å². The zero-order valence-electron chi connectivity index (χ0n) is 10.4. The molecule has 0 bridgehead atoms. The van der Waals surface area contributed by atoms with E-state index in [0.29, 0.717) is 5.82 Å². The highest BCUT2D eigenvalue weighted by Gasteiger charge is 2.05. The summed E-state index contributed by atoms with van der Waals surface area (Å²) in [6, 6.07) is 0. The van der Waals surface area contributed by atoms with E-state index in [-0.39, 0.29) is 0 Å². The Morgan fingerprint density at radius 2 is 2.06 bits per heavy atom. The molecule has 2 rings (SSSR count). The predicted molar refractivity (Wildman–Crippen MR) is 71.9 cm³/mol. The summed E-state index contributed by atoms with van der Waals surface area (Å²) in [6.07, 6.45) is 3.34. The summed E-state index contributed by atoms with van der Waals surface area (Å²) in [6.45, 7) is 3.55. The maximum atomic E-state index is 5.24. The average molecular weight is 264 g/mol. The van der Waals surface area contributed by atoms with Crippen LogP contribution in [0.2, 0.25) is 0 Å². The van der Waals surface area contributed by atoms with E-state index in [0.717, 1.165) is 29.5 Å². The van der Waals surface area contributed by atoms with Crippen molar-refractivity contribution in [3.8, 4) is 0 Å². The van der Waals surface area contributed by atoms with Gasteiger partial charge in [0.15, 0.2) is 5.82 Å². The average Bonchev–Trinajstić information content (AvgIpc) is 2.75. The molecule has 0 atom stereocenters. The standard InChI is InChI=1S/C11H16N6S/c1-8-15-10(7-18-8)6-17(2)5-9-3-14-11(16-12)4-13-9/h3-4,7H,5-6,12H2,1-2H3,(H,14,16). The molecular weight excluding hydrogens is 248 g/mol. The minimum Gasteiger partial charge on any atom is -0.307 e. The summed E-state index contributed by atoms with van der Waals surface area (Å²) >= 11 is 1.67. The molecule has 0 amide bonds. The first kappa shape index (κ1) is 12.9. The second-order valence-electron chi connectivity index (χ2n) is 4.07. The van der Waals surface area contributed by atoms with Crippen molar-refractivity contribution in [2.75, 3.05) is 12.5 Å². The number of thiazole rings is 1. The molecule has 0 spiro atoms. The van der Waals surface area contributed by atoms with Crippen molar-refractivity contribution in [1.29, 1.82) is 0 Å². The van der Waals surface area contributed by atoms with Crippen LogP contribution in [0.3, 0.4) is 0 Å². The van der Waals surface area contributed by atoms with E-state index in [2.05, 4.69) is 30.7 Å². The molecule has 0 saturated heterocycles. The molecule has 0 aliphatic carbocycles. The molecule has 0 aromatic carbocycles. The van der Waals surface area contributed by atoms with Crippen LogP contribution >= 0.6 is 11.3 Å². The molecule has 0 saturated carbocycles. The minimum absolute atomic E-state index is 0.566. The van der Waals surface area contributed by atoms with Crippen LogP contribution in [-0.2, 0) is 13.1 Å². The lowest BCUT2D eigenvalue weighted by atomic mass is 10.3. The Balaban J connectivity index is 1.91. The number of anilines is 1. The number of hydrogen-bond donors (Lipinski definition) is 2. The SMILES string of the molecule is Cc1nc(CN(C)Cc2cnc(NN)cn2)cs1. The molecule has 3 N–H and O–H groups in total. The smallest absolute Gasteiger partial charge is 0.158 e. The van der Waals surface area contributed by atoms with Crippen LogP contribution in [0.5, 0.6) is 0 Å². The number of rotatable bonds is 5. The summed E-state index contributed by atoms with van der Waals surface area (Å²) in [5.41, 5.74) is 4.45. The molecule has 0 unspecified atom stereocenters. The van der Waals surface area contributed by atoms with Crippen molar-refractivity contribution in [2.24, 2.45) is 5.84 Å². The van der Waals surface area contributed by atoms with Gasteiger partial charge in [0.1, 0.15) is 0 Å². The number of hydrogen-bond acceptors (Lipinski definition) is 7. The van der Waals surface area contributed by atoms with Crippen molar-refractivity contribution >= 4 is 17.2 Å². The monoisotopic (exact) mass is 264 g/mol. The number of nitrogens with zero attached hydrogens (tertiary/aromatic N) is 4. The van der Waals surface area contributed by atoms with Crippen molar-refractivity contribution in [3.05, 3.63) is 34.2 Å². The fraction of sp³-hybridized carbons (Fsp3) is 0.364. The maximum Gasteiger partial charge on any atom is 0.158 e. The van der Waals surface area contributed by atoms with Gasteiger partial charge in [-0.1, -0.05) is 0 Å². The second-order valence-corrected chi connectivity index (χ2v) is 5.13. The van der Waals surface area contributed by atoms with Crippen LogP contribution in [0.4, 0.5) is 5.82 Å². The van der Waals surface area contributed by atoms with Crippen LogP contribution in [0.1, 0.15) is 16.4 Å². The third kappa shape index (κ3) is 3.46. The minimum atomic E-state index is 0.566. The van der Waals surface area contributed by atoms with Gasteiger partial charge in [0.2, 0.25) is 0 Å². The molecule has 0 aliphatic heterocycles. The first-order valence-electron chi connectivity index (χ1n) is 5.54. The van der Waals surface area contributed by atoms with Gasteiger partial charge < -0.3 is 5.43 Å². The van der Waals surface area contributed by atoms with Gasteiger partial charge in [-0.3, -0.25) is 9.88 Å². The van der Waals surface area contributed by atoms with Crippen LogP contribution in [-0.4, -0.2) is 26.9 Å². The molecule has 96 valence electrons. The number of nitrogens with two attached hydrogens (primary N) is 1. The quantitative estimate of drug-likeness (QED) is 0.623. The molecular formula is C11H16N6S. The molecule has 2 aromatic heterocycles.